The molecule has 29 heavy (non-hydrogen) atoms. The average Bonchev–Trinajstić information content (AvgIpc) is 3.40. The van der Waals surface area contributed by atoms with Crippen LogP contribution in [-0.2, 0) is 0 Å². The van der Waals surface area contributed by atoms with Gasteiger partial charge in [-0.2, -0.15) is 0 Å². The van der Waals surface area contributed by atoms with E-state index in [0.717, 1.165) is 42.8 Å². The Bertz CT molecular complexity index is 1230. The fourth-order valence-electron chi connectivity index (χ4n) is 4.09. The second kappa shape index (κ2) is 6.88. The molecule has 1 saturated carbocycles. The van der Waals surface area contributed by atoms with Gasteiger partial charge in [0.25, 0.3) is 0 Å². The van der Waals surface area contributed by atoms with Crippen LogP contribution in [0.15, 0.2) is 47.5 Å². The van der Waals surface area contributed by atoms with Crippen LogP contribution >= 0.6 is 0 Å². The van der Waals surface area contributed by atoms with Crippen LogP contribution in [0.2, 0.25) is 0 Å². The summed E-state index contributed by atoms with van der Waals surface area (Å²) in [5, 5.41) is 3.37. The van der Waals surface area contributed by atoms with Gasteiger partial charge in [0.1, 0.15) is 17.5 Å². The molecular formula is C21H19F2N5O. The third-order valence-corrected chi connectivity index (χ3v) is 5.40. The number of rotatable bonds is 4. The maximum Gasteiger partial charge on any atom is 0.332 e. The molecule has 148 valence electrons. The van der Waals surface area contributed by atoms with Gasteiger partial charge in [-0.15, -0.1) is 0 Å². The number of imidazole rings is 2. The van der Waals surface area contributed by atoms with Crippen LogP contribution in [-0.4, -0.2) is 25.6 Å². The van der Waals surface area contributed by atoms with E-state index in [0.29, 0.717) is 17.2 Å². The minimum atomic E-state index is -0.698. The highest BCUT2D eigenvalue weighted by molar-refractivity contribution is 5.79. The first-order chi connectivity index (χ1) is 14.1. The summed E-state index contributed by atoms with van der Waals surface area (Å²) in [6.45, 7) is 0. The normalized spacial score (nSPS) is 14.7. The predicted octanol–water partition coefficient (Wildman–Crippen LogP) is 4.34. The minimum absolute atomic E-state index is 0.216. The lowest BCUT2D eigenvalue weighted by atomic mass is 10.1. The lowest BCUT2D eigenvalue weighted by Gasteiger charge is -2.15. The number of benzene rings is 2. The number of fused-ring (bicyclic) bond motifs is 1. The Labute approximate surface area is 164 Å². The zero-order valence-corrected chi connectivity index (χ0v) is 15.5. The summed E-state index contributed by atoms with van der Waals surface area (Å²) in [7, 11) is 0. The Hall–Kier alpha value is -3.42. The third kappa shape index (κ3) is 3.20. The first-order valence-corrected chi connectivity index (χ1v) is 9.60. The van der Waals surface area contributed by atoms with Gasteiger partial charge in [0.05, 0.1) is 28.7 Å². The molecule has 0 saturated heterocycles. The van der Waals surface area contributed by atoms with Crippen molar-refractivity contribution in [2.45, 2.75) is 31.7 Å². The summed E-state index contributed by atoms with van der Waals surface area (Å²) in [6, 6.07) is 8.84. The third-order valence-electron chi connectivity index (χ3n) is 5.40. The van der Waals surface area contributed by atoms with Crippen molar-refractivity contribution in [2.75, 3.05) is 5.32 Å². The van der Waals surface area contributed by atoms with Crippen molar-refractivity contribution >= 4 is 16.9 Å². The highest BCUT2D eigenvalue weighted by Crippen LogP contribution is 2.32. The number of aromatic nitrogens is 4. The molecule has 2 aromatic heterocycles. The van der Waals surface area contributed by atoms with Crippen molar-refractivity contribution in [2.24, 2.45) is 0 Å². The molecule has 0 radical (unpaired) electrons. The summed E-state index contributed by atoms with van der Waals surface area (Å²) in [5.41, 5.74) is 2.40. The van der Waals surface area contributed by atoms with E-state index in [2.05, 4.69) is 20.3 Å². The maximum absolute atomic E-state index is 14.0. The van der Waals surface area contributed by atoms with Gasteiger partial charge < -0.3 is 10.3 Å². The van der Waals surface area contributed by atoms with E-state index in [1.165, 1.54) is 16.7 Å². The number of nitrogens with one attached hydrogen (secondary N) is 3. The van der Waals surface area contributed by atoms with Crippen molar-refractivity contribution in [3.8, 4) is 16.9 Å². The Morgan fingerprint density at radius 3 is 2.59 bits per heavy atom. The summed E-state index contributed by atoms with van der Waals surface area (Å²) >= 11 is 0. The zero-order valence-electron chi connectivity index (χ0n) is 15.5. The molecule has 1 aliphatic carbocycles. The second-order valence-electron chi connectivity index (χ2n) is 7.38. The molecule has 4 aromatic rings. The van der Waals surface area contributed by atoms with Gasteiger partial charge in [0.2, 0.25) is 0 Å². The molecule has 0 aliphatic heterocycles. The molecular weight excluding hydrogens is 376 g/mol. The average molecular weight is 395 g/mol. The summed E-state index contributed by atoms with van der Waals surface area (Å²) < 4.78 is 29.4. The van der Waals surface area contributed by atoms with Gasteiger partial charge in [0.15, 0.2) is 0 Å². The van der Waals surface area contributed by atoms with Gasteiger partial charge in [0, 0.05) is 17.7 Å². The molecule has 1 fully saturated rings. The van der Waals surface area contributed by atoms with E-state index in [1.807, 2.05) is 0 Å². The van der Waals surface area contributed by atoms with Crippen LogP contribution < -0.4 is 11.0 Å². The summed E-state index contributed by atoms with van der Waals surface area (Å²) in [5.74, 6) is -0.927. The molecule has 0 bridgehead atoms. The quantitative estimate of drug-likeness (QED) is 0.481. The Morgan fingerprint density at radius 2 is 1.83 bits per heavy atom. The molecule has 3 N–H and O–H groups in total. The van der Waals surface area contributed by atoms with Gasteiger partial charge in [-0.1, -0.05) is 12.8 Å². The highest BCUT2D eigenvalue weighted by Gasteiger charge is 2.23. The van der Waals surface area contributed by atoms with Gasteiger partial charge in [-0.05, 0) is 43.2 Å². The first-order valence-electron chi connectivity index (χ1n) is 9.60. The highest BCUT2D eigenvalue weighted by atomic mass is 19.1. The lowest BCUT2D eigenvalue weighted by Crippen LogP contribution is -2.16. The van der Waals surface area contributed by atoms with Crippen LogP contribution in [0, 0.1) is 11.6 Å². The van der Waals surface area contributed by atoms with Crippen LogP contribution in [0.5, 0.6) is 0 Å². The smallest absolute Gasteiger partial charge is 0.332 e. The lowest BCUT2D eigenvalue weighted by molar-refractivity contribution is 0.584. The molecule has 8 heteroatoms. The van der Waals surface area contributed by atoms with Crippen molar-refractivity contribution in [3.63, 3.8) is 0 Å². The van der Waals surface area contributed by atoms with E-state index < -0.39 is 11.6 Å². The first kappa shape index (κ1) is 17.7. The number of nitrogens with zero attached hydrogens (tertiary/aromatic N) is 2. The summed E-state index contributed by atoms with van der Waals surface area (Å²) in [4.78, 5) is 23.0. The monoisotopic (exact) mass is 395 g/mol. The predicted molar refractivity (Wildman–Crippen MR) is 107 cm³/mol. The topological polar surface area (TPSA) is 78.5 Å². The van der Waals surface area contributed by atoms with Crippen molar-refractivity contribution in [1.82, 2.24) is 19.5 Å². The molecule has 0 amide bonds. The maximum atomic E-state index is 14.0. The van der Waals surface area contributed by atoms with E-state index in [1.54, 1.807) is 24.5 Å². The number of aromatic amines is 2. The van der Waals surface area contributed by atoms with Crippen LogP contribution in [0.1, 0.15) is 25.7 Å². The second-order valence-corrected chi connectivity index (χ2v) is 7.38. The largest absolute Gasteiger partial charge is 0.367 e. The van der Waals surface area contributed by atoms with Gasteiger partial charge >= 0.3 is 5.69 Å². The molecule has 0 spiro atoms. The zero-order chi connectivity index (χ0) is 20.0. The van der Waals surface area contributed by atoms with Crippen molar-refractivity contribution in [3.05, 3.63) is 64.8 Å². The van der Waals surface area contributed by atoms with E-state index in [-0.39, 0.29) is 17.3 Å². The molecule has 0 atom stereocenters. The van der Waals surface area contributed by atoms with Crippen molar-refractivity contribution in [1.29, 1.82) is 0 Å². The van der Waals surface area contributed by atoms with Gasteiger partial charge in [-0.25, -0.2) is 18.6 Å². The number of anilines is 1. The summed E-state index contributed by atoms with van der Waals surface area (Å²) in [6.07, 6.45) is 5.78. The molecule has 0 unspecified atom stereocenters. The number of halogens is 2. The molecule has 6 nitrogen and oxygen atoms in total. The van der Waals surface area contributed by atoms with Crippen molar-refractivity contribution < 1.29 is 8.78 Å². The van der Waals surface area contributed by atoms with Crippen LogP contribution in [0.4, 0.5) is 14.6 Å². The standard InChI is InChI=1S/C21H19F2N5O/c22-13-7-12(8-14(23)9-13)19-20(26-15-3-1-2-4-15)27-21(29)28(19)16-5-6-17-18(10-16)25-11-24-17/h5-11,15,26H,1-4H2,(H,24,25)(H,27,29). The van der Waals surface area contributed by atoms with Crippen LogP contribution in [0.25, 0.3) is 28.0 Å². The van der Waals surface area contributed by atoms with E-state index in [4.69, 9.17) is 0 Å². The Kier molecular flexibility index (Phi) is 4.19. The molecule has 2 aromatic carbocycles. The SMILES string of the molecule is O=c1[nH]c(NC2CCCC2)c(-c2cc(F)cc(F)c2)n1-c1ccc2nc[nH]c2c1. The van der Waals surface area contributed by atoms with E-state index >= 15 is 0 Å². The molecule has 1 aliphatic rings. The number of H-pyrrole nitrogens is 2. The Morgan fingerprint density at radius 1 is 1.07 bits per heavy atom. The number of hydrogen-bond acceptors (Lipinski definition) is 3. The van der Waals surface area contributed by atoms with E-state index in [9.17, 15) is 13.6 Å². The number of hydrogen-bond donors (Lipinski definition) is 3. The molecule has 5 rings (SSSR count). The fourth-order valence-corrected chi connectivity index (χ4v) is 4.09. The van der Waals surface area contributed by atoms with Crippen LogP contribution in [0.3, 0.4) is 0 Å². The molecule has 2 heterocycles. The minimum Gasteiger partial charge on any atom is -0.367 e. The fraction of sp³-hybridized carbons (Fsp3) is 0.238. The Balaban J connectivity index is 1.72. The van der Waals surface area contributed by atoms with Gasteiger partial charge in [-0.3, -0.25) is 9.55 Å².